The molecule has 0 N–H and O–H groups in total. The third kappa shape index (κ3) is 6.57. The minimum atomic E-state index is -4.39. The van der Waals surface area contributed by atoms with Gasteiger partial charge in [0.05, 0.1) is 4.90 Å². The molecule has 0 heterocycles. The molecule has 2 aromatic rings. The van der Waals surface area contributed by atoms with Crippen molar-refractivity contribution >= 4 is 20.9 Å². The van der Waals surface area contributed by atoms with Gasteiger partial charge >= 0.3 is 51.4 Å². The zero-order chi connectivity index (χ0) is 16.0. The van der Waals surface area contributed by atoms with Crippen molar-refractivity contribution in [2.24, 2.45) is 0 Å². The second-order valence-corrected chi connectivity index (χ2v) is 7.15. The van der Waals surface area contributed by atoms with Crippen molar-refractivity contribution in [3.05, 3.63) is 42.0 Å². The largest absolute Gasteiger partial charge is 1.00 e. The van der Waals surface area contributed by atoms with E-state index in [4.69, 9.17) is 0 Å². The molecule has 0 aliphatic carbocycles. The number of fused-ring (bicyclic) bond motifs is 1. The van der Waals surface area contributed by atoms with Gasteiger partial charge in [0, 0.05) is 0 Å². The van der Waals surface area contributed by atoms with E-state index in [-0.39, 0.29) is 56.3 Å². The van der Waals surface area contributed by atoms with Crippen LogP contribution in [0.5, 0.6) is 0 Å². The Kier molecular flexibility index (Phi) is 9.52. The van der Waals surface area contributed by atoms with Crippen LogP contribution in [0.1, 0.15) is 51.0 Å². The average Bonchev–Trinajstić information content (AvgIpc) is 2.49. The molecule has 0 aliphatic rings. The van der Waals surface area contributed by atoms with Crippen molar-refractivity contribution in [2.45, 2.75) is 56.8 Å². The van der Waals surface area contributed by atoms with Crippen LogP contribution in [-0.4, -0.2) is 13.0 Å². The van der Waals surface area contributed by atoms with Gasteiger partial charge in [0.1, 0.15) is 10.1 Å². The summed E-state index contributed by atoms with van der Waals surface area (Å²) >= 11 is 0. The Morgan fingerprint density at radius 1 is 0.957 bits per heavy atom. The third-order valence-corrected chi connectivity index (χ3v) is 4.86. The minimum absolute atomic E-state index is 0. The molecule has 3 nitrogen and oxygen atoms in total. The van der Waals surface area contributed by atoms with Crippen molar-refractivity contribution < 1.29 is 64.4 Å². The Morgan fingerprint density at radius 3 is 2.35 bits per heavy atom. The monoisotopic (exact) mass is 358 g/mol. The van der Waals surface area contributed by atoms with Crippen LogP contribution in [0.15, 0.2) is 41.3 Å². The molecule has 5 heteroatoms. The number of aryl methyl sites for hydroxylation is 1. The molecule has 0 amide bonds. The van der Waals surface area contributed by atoms with Crippen LogP contribution in [0.4, 0.5) is 0 Å². The Morgan fingerprint density at radius 2 is 1.65 bits per heavy atom. The van der Waals surface area contributed by atoms with Gasteiger partial charge in [0.25, 0.3) is 0 Å². The van der Waals surface area contributed by atoms with Crippen LogP contribution in [0.2, 0.25) is 0 Å². The molecule has 2 aromatic carbocycles. The molecule has 0 aromatic heterocycles. The fourth-order valence-corrected chi connectivity index (χ4v) is 3.30. The zero-order valence-corrected chi connectivity index (χ0v) is 18.0. The summed E-state index contributed by atoms with van der Waals surface area (Å²) in [5, 5.41) is 1.86. The number of hydrogen-bond acceptors (Lipinski definition) is 3. The van der Waals surface area contributed by atoms with Gasteiger partial charge in [-0.2, -0.15) is 0 Å². The van der Waals surface area contributed by atoms with Crippen molar-refractivity contribution in [2.75, 3.05) is 0 Å². The maximum Gasteiger partial charge on any atom is 1.00 e. The predicted molar refractivity (Wildman–Crippen MR) is 89.0 cm³/mol. The van der Waals surface area contributed by atoms with Crippen LogP contribution >= 0.6 is 0 Å². The predicted octanol–water partition coefficient (Wildman–Crippen LogP) is 1.65. The summed E-state index contributed by atoms with van der Waals surface area (Å²) in [6.45, 7) is 2.21. The molecular weight excluding hydrogens is 335 g/mol. The number of hydrogen-bond donors (Lipinski definition) is 0. The molecule has 0 bridgehead atoms. The molecule has 0 fully saturated rings. The first-order valence-electron chi connectivity index (χ1n) is 8.00. The van der Waals surface area contributed by atoms with Crippen LogP contribution in [0, 0.1) is 0 Å². The Hall–Kier alpha value is 0.246. The van der Waals surface area contributed by atoms with E-state index >= 15 is 0 Å². The Labute approximate surface area is 182 Å². The van der Waals surface area contributed by atoms with E-state index in [1.54, 1.807) is 6.07 Å². The zero-order valence-electron chi connectivity index (χ0n) is 14.0. The van der Waals surface area contributed by atoms with Crippen molar-refractivity contribution in [1.29, 1.82) is 0 Å². The van der Waals surface area contributed by atoms with E-state index in [2.05, 4.69) is 13.0 Å². The molecule has 0 unspecified atom stereocenters. The summed E-state index contributed by atoms with van der Waals surface area (Å²) in [7, 11) is -4.39. The second kappa shape index (κ2) is 10.3. The summed E-state index contributed by atoms with van der Waals surface area (Å²) in [4.78, 5) is -0.156. The first-order chi connectivity index (χ1) is 10.5. The first-order valence-corrected chi connectivity index (χ1v) is 9.41. The molecular formula is C18H23KO3S. The maximum absolute atomic E-state index is 11.1. The van der Waals surface area contributed by atoms with Gasteiger partial charge in [-0.3, -0.25) is 0 Å². The molecule has 0 radical (unpaired) electrons. The van der Waals surface area contributed by atoms with E-state index in [0.29, 0.717) is 0 Å². The van der Waals surface area contributed by atoms with Crippen LogP contribution in [-0.2, 0) is 16.5 Å². The first kappa shape index (κ1) is 21.3. The topological polar surface area (TPSA) is 57.2 Å². The molecule has 0 saturated carbocycles. The molecule has 0 saturated heterocycles. The summed E-state index contributed by atoms with van der Waals surface area (Å²) in [6, 6.07) is 10.5. The fraction of sp³-hybridized carbons (Fsp3) is 0.444. The molecule has 0 aliphatic heterocycles. The Balaban J connectivity index is 0.00000264. The van der Waals surface area contributed by atoms with Crippen LogP contribution < -0.4 is 51.4 Å². The molecule has 23 heavy (non-hydrogen) atoms. The van der Waals surface area contributed by atoms with E-state index in [1.807, 2.05) is 12.1 Å². The molecule has 0 atom stereocenters. The average molecular weight is 359 g/mol. The minimum Gasteiger partial charge on any atom is -0.744 e. The number of benzene rings is 2. The van der Waals surface area contributed by atoms with Crippen molar-refractivity contribution in [3.8, 4) is 0 Å². The number of rotatable bonds is 8. The van der Waals surface area contributed by atoms with E-state index in [1.165, 1.54) is 49.8 Å². The van der Waals surface area contributed by atoms with Gasteiger partial charge < -0.3 is 4.55 Å². The molecule has 0 spiro atoms. The van der Waals surface area contributed by atoms with E-state index in [9.17, 15) is 13.0 Å². The summed E-state index contributed by atoms with van der Waals surface area (Å²) < 4.78 is 33.3. The molecule has 2 rings (SSSR count). The Bertz CT molecular complexity index is 726. The van der Waals surface area contributed by atoms with Gasteiger partial charge in [0.15, 0.2) is 0 Å². The SMILES string of the molecule is CCCCCCCCc1cccc2cc(S(=O)(=O)[O-])ccc12.[K+]. The standard InChI is InChI=1S/C18H24O3S.K/c1-2-3-4-5-6-7-9-15-10-8-11-16-14-17(22(19,20)21)12-13-18(15)16;/h8,10-14H,2-7,9H2,1H3,(H,19,20,21);/q;+1/p-1. The van der Waals surface area contributed by atoms with Crippen LogP contribution in [0.3, 0.4) is 0 Å². The summed E-state index contributed by atoms with van der Waals surface area (Å²) in [5.41, 5.74) is 1.22. The summed E-state index contributed by atoms with van der Waals surface area (Å²) in [5.74, 6) is 0. The smallest absolute Gasteiger partial charge is 0.744 e. The van der Waals surface area contributed by atoms with Gasteiger partial charge in [-0.1, -0.05) is 63.3 Å². The normalized spacial score (nSPS) is 11.4. The second-order valence-electron chi connectivity index (χ2n) is 5.77. The van der Waals surface area contributed by atoms with Gasteiger partial charge in [-0.15, -0.1) is 0 Å². The van der Waals surface area contributed by atoms with E-state index < -0.39 is 10.1 Å². The summed E-state index contributed by atoms with van der Waals surface area (Å²) in [6.07, 6.45) is 8.50. The van der Waals surface area contributed by atoms with Crippen LogP contribution in [0.25, 0.3) is 10.8 Å². The van der Waals surface area contributed by atoms with Gasteiger partial charge in [-0.25, -0.2) is 8.42 Å². The quantitative estimate of drug-likeness (QED) is 0.410. The van der Waals surface area contributed by atoms with Crippen molar-refractivity contribution in [3.63, 3.8) is 0 Å². The fourth-order valence-electron chi connectivity index (χ4n) is 2.80. The third-order valence-electron chi connectivity index (χ3n) is 4.03. The van der Waals surface area contributed by atoms with Gasteiger partial charge in [0.2, 0.25) is 0 Å². The van der Waals surface area contributed by atoms with Crippen molar-refractivity contribution in [1.82, 2.24) is 0 Å². The molecule has 120 valence electrons. The number of unbranched alkanes of at least 4 members (excludes halogenated alkanes) is 5. The maximum atomic E-state index is 11.1. The van der Waals surface area contributed by atoms with E-state index in [0.717, 1.165) is 23.6 Å². The van der Waals surface area contributed by atoms with Gasteiger partial charge in [-0.05, 0) is 41.3 Å².